The Kier molecular flexibility index (Phi) is 4.72. The molecule has 0 bridgehead atoms. The summed E-state index contributed by atoms with van der Waals surface area (Å²) in [6.07, 6.45) is 1.43. The Hall–Kier alpha value is -3.00. The summed E-state index contributed by atoms with van der Waals surface area (Å²) in [5.74, 6) is 1.87. The standard InChI is InChI=1S/C19H17FN4O2S/c1-25-15-8-6-12(10-16(15)26-2)7-9-17-21-22-19-24(17)23-18(27-19)13-4-3-5-14(20)11-13/h3-6,8,10-11H,7,9H2,1-2H3. The van der Waals surface area contributed by atoms with Crippen LogP contribution in [0.4, 0.5) is 4.39 Å². The lowest BCUT2D eigenvalue weighted by molar-refractivity contribution is 0.354. The molecule has 0 aliphatic heterocycles. The van der Waals surface area contributed by atoms with Crippen molar-refractivity contribution in [3.63, 3.8) is 0 Å². The first-order chi connectivity index (χ1) is 13.2. The first-order valence-corrected chi connectivity index (χ1v) is 9.17. The van der Waals surface area contributed by atoms with Gasteiger partial charge in [0.1, 0.15) is 10.8 Å². The molecule has 0 amide bonds. The second-order valence-electron chi connectivity index (χ2n) is 5.92. The summed E-state index contributed by atoms with van der Waals surface area (Å²) in [4.78, 5) is 0.691. The fourth-order valence-electron chi connectivity index (χ4n) is 2.84. The summed E-state index contributed by atoms with van der Waals surface area (Å²) in [7, 11) is 3.23. The van der Waals surface area contributed by atoms with Crippen molar-refractivity contribution in [3.8, 4) is 22.1 Å². The third-order valence-corrected chi connectivity index (χ3v) is 5.16. The van der Waals surface area contributed by atoms with Gasteiger partial charge in [-0.05, 0) is 36.2 Å². The SMILES string of the molecule is COc1ccc(CCc2nnc3sc(-c4cccc(F)c4)nn23)cc1OC. The maximum atomic E-state index is 13.5. The number of nitrogens with zero attached hydrogens (tertiary/aromatic N) is 4. The molecule has 0 unspecified atom stereocenters. The molecule has 27 heavy (non-hydrogen) atoms. The highest BCUT2D eigenvalue weighted by molar-refractivity contribution is 7.19. The Morgan fingerprint density at radius 2 is 1.85 bits per heavy atom. The van der Waals surface area contributed by atoms with E-state index in [1.165, 1.54) is 23.5 Å². The van der Waals surface area contributed by atoms with E-state index in [1.54, 1.807) is 24.8 Å². The molecule has 138 valence electrons. The zero-order valence-corrected chi connectivity index (χ0v) is 15.7. The van der Waals surface area contributed by atoms with E-state index in [1.807, 2.05) is 24.3 Å². The number of methoxy groups -OCH3 is 2. The van der Waals surface area contributed by atoms with Crippen LogP contribution in [0.25, 0.3) is 15.5 Å². The van der Waals surface area contributed by atoms with Gasteiger partial charge in [-0.15, -0.1) is 10.2 Å². The molecule has 0 saturated heterocycles. The molecule has 4 aromatic rings. The van der Waals surface area contributed by atoms with Gasteiger partial charge in [-0.25, -0.2) is 4.39 Å². The molecule has 4 rings (SSSR count). The summed E-state index contributed by atoms with van der Waals surface area (Å²) in [5, 5.41) is 13.7. The zero-order valence-electron chi connectivity index (χ0n) is 14.8. The van der Waals surface area contributed by atoms with Crippen molar-refractivity contribution in [3.05, 3.63) is 59.7 Å². The van der Waals surface area contributed by atoms with Crippen LogP contribution in [0.1, 0.15) is 11.4 Å². The van der Waals surface area contributed by atoms with E-state index < -0.39 is 0 Å². The van der Waals surface area contributed by atoms with Gasteiger partial charge in [0.05, 0.1) is 14.2 Å². The van der Waals surface area contributed by atoms with Gasteiger partial charge >= 0.3 is 0 Å². The topological polar surface area (TPSA) is 61.5 Å². The molecule has 8 heteroatoms. The number of aryl methyl sites for hydroxylation is 2. The van der Waals surface area contributed by atoms with E-state index >= 15 is 0 Å². The van der Waals surface area contributed by atoms with Gasteiger partial charge in [-0.2, -0.15) is 9.61 Å². The summed E-state index contributed by atoms with van der Waals surface area (Å²) in [5.41, 5.74) is 1.83. The Balaban J connectivity index is 1.56. The summed E-state index contributed by atoms with van der Waals surface area (Å²) in [6.45, 7) is 0. The first-order valence-electron chi connectivity index (χ1n) is 8.36. The molecule has 0 fully saturated rings. The van der Waals surface area contributed by atoms with E-state index in [-0.39, 0.29) is 5.82 Å². The maximum Gasteiger partial charge on any atom is 0.234 e. The molecule has 0 radical (unpaired) electrons. The van der Waals surface area contributed by atoms with Crippen LogP contribution in [0, 0.1) is 5.82 Å². The Morgan fingerprint density at radius 1 is 1.00 bits per heavy atom. The molecule has 0 atom stereocenters. The molecule has 2 aromatic heterocycles. The minimum atomic E-state index is -0.285. The fraction of sp³-hybridized carbons (Fsp3) is 0.211. The highest BCUT2D eigenvalue weighted by Crippen LogP contribution is 2.29. The Labute approximate surface area is 159 Å². The quantitative estimate of drug-likeness (QED) is 0.506. The maximum absolute atomic E-state index is 13.5. The van der Waals surface area contributed by atoms with Crippen molar-refractivity contribution in [1.29, 1.82) is 0 Å². The molecule has 2 aromatic carbocycles. The molecule has 0 aliphatic carbocycles. The normalized spacial score (nSPS) is 11.1. The van der Waals surface area contributed by atoms with Crippen LogP contribution < -0.4 is 9.47 Å². The van der Waals surface area contributed by atoms with E-state index in [0.717, 1.165) is 23.4 Å². The van der Waals surface area contributed by atoms with E-state index in [2.05, 4.69) is 15.3 Å². The van der Waals surface area contributed by atoms with Crippen LogP contribution in [0.2, 0.25) is 0 Å². The largest absolute Gasteiger partial charge is 0.493 e. The predicted molar refractivity (Wildman–Crippen MR) is 101 cm³/mol. The summed E-state index contributed by atoms with van der Waals surface area (Å²) >= 11 is 1.39. The molecule has 6 nitrogen and oxygen atoms in total. The van der Waals surface area contributed by atoms with Gasteiger partial charge in [0.2, 0.25) is 4.96 Å². The average molecular weight is 384 g/mol. The number of aromatic nitrogens is 4. The number of benzene rings is 2. The van der Waals surface area contributed by atoms with E-state index in [9.17, 15) is 4.39 Å². The molecule has 0 N–H and O–H groups in total. The van der Waals surface area contributed by atoms with E-state index in [4.69, 9.17) is 9.47 Å². The van der Waals surface area contributed by atoms with Crippen molar-refractivity contribution in [2.45, 2.75) is 12.8 Å². The van der Waals surface area contributed by atoms with Crippen molar-refractivity contribution in [1.82, 2.24) is 19.8 Å². The average Bonchev–Trinajstić information content (AvgIpc) is 3.27. The van der Waals surface area contributed by atoms with E-state index in [0.29, 0.717) is 27.9 Å². The summed E-state index contributed by atoms with van der Waals surface area (Å²) in [6, 6.07) is 12.2. The summed E-state index contributed by atoms with van der Waals surface area (Å²) < 4.78 is 25.8. The van der Waals surface area contributed by atoms with Crippen molar-refractivity contribution in [2.24, 2.45) is 0 Å². The molecule has 2 heterocycles. The lowest BCUT2D eigenvalue weighted by Gasteiger charge is -2.09. The van der Waals surface area contributed by atoms with Crippen LogP contribution in [-0.2, 0) is 12.8 Å². The number of halogens is 1. The van der Waals surface area contributed by atoms with Gasteiger partial charge < -0.3 is 9.47 Å². The second-order valence-corrected chi connectivity index (χ2v) is 6.87. The number of ether oxygens (including phenoxy) is 2. The molecular formula is C19H17FN4O2S. The third kappa shape index (κ3) is 3.48. The first kappa shape index (κ1) is 17.4. The van der Waals surface area contributed by atoms with Crippen LogP contribution in [0.5, 0.6) is 11.5 Å². The van der Waals surface area contributed by atoms with Gasteiger partial charge in [-0.3, -0.25) is 0 Å². The van der Waals surface area contributed by atoms with Crippen molar-refractivity contribution in [2.75, 3.05) is 14.2 Å². The Bertz CT molecular complexity index is 1090. The lowest BCUT2D eigenvalue weighted by atomic mass is 10.1. The predicted octanol–water partition coefficient (Wildman–Crippen LogP) is 3.79. The van der Waals surface area contributed by atoms with Crippen molar-refractivity contribution < 1.29 is 13.9 Å². The van der Waals surface area contributed by atoms with Crippen LogP contribution >= 0.6 is 11.3 Å². The Morgan fingerprint density at radius 3 is 2.63 bits per heavy atom. The van der Waals surface area contributed by atoms with Gasteiger partial charge in [0.25, 0.3) is 0 Å². The minimum Gasteiger partial charge on any atom is -0.493 e. The molecule has 0 saturated carbocycles. The van der Waals surface area contributed by atoms with Crippen LogP contribution in [0.3, 0.4) is 0 Å². The number of hydrogen-bond acceptors (Lipinski definition) is 6. The van der Waals surface area contributed by atoms with Gasteiger partial charge in [0, 0.05) is 12.0 Å². The minimum absolute atomic E-state index is 0.285. The van der Waals surface area contributed by atoms with Gasteiger partial charge in [-0.1, -0.05) is 29.5 Å². The number of fused-ring (bicyclic) bond motifs is 1. The monoisotopic (exact) mass is 384 g/mol. The smallest absolute Gasteiger partial charge is 0.234 e. The molecule has 0 aliphatic rings. The van der Waals surface area contributed by atoms with Crippen molar-refractivity contribution >= 4 is 16.3 Å². The zero-order chi connectivity index (χ0) is 18.8. The lowest BCUT2D eigenvalue weighted by Crippen LogP contribution is -2.00. The number of hydrogen-bond donors (Lipinski definition) is 0. The second kappa shape index (κ2) is 7.32. The highest BCUT2D eigenvalue weighted by Gasteiger charge is 2.14. The fourth-order valence-corrected chi connectivity index (χ4v) is 3.70. The number of rotatable bonds is 6. The molecular weight excluding hydrogens is 367 g/mol. The third-order valence-electron chi connectivity index (χ3n) is 4.21. The van der Waals surface area contributed by atoms with Gasteiger partial charge in [0.15, 0.2) is 17.3 Å². The van der Waals surface area contributed by atoms with Crippen LogP contribution in [0.15, 0.2) is 42.5 Å². The highest BCUT2D eigenvalue weighted by atomic mass is 32.1. The van der Waals surface area contributed by atoms with Crippen LogP contribution in [-0.4, -0.2) is 34.0 Å². The molecule has 0 spiro atoms.